The molecule has 0 bridgehead atoms. The lowest BCUT2D eigenvalue weighted by atomic mass is 10.0. The van der Waals surface area contributed by atoms with Crippen LogP contribution in [0.5, 0.6) is 0 Å². The topological polar surface area (TPSA) is 37.8 Å². The van der Waals surface area contributed by atoms with Crippen LogP contribution in [0.2, 0.25) is 5.28 Å². The Labute approximate surface area is 109 Å². The Morgan fingerprint density at radius 3 is 3.12 bits per heavy atom. The van der Waals surface area contributed by atoms with Crippen molar-refractivity contribution in [3.05, 3.63) is 28.9 Å². The number of hydrogen-bond donors (Lipinski definition) is 1. The fourth-order valence-electron chi connectivity index (χ4n) is 2.06. The van der Waals surface area contributed by atoms with Crippen LogP contribution in [-0.2, 0) is 0 Å². The molecule has 1 unspecified atom stereocenters. The van der Waals surface area contributed by atoms with Crippen molar-refractivity contribution in [2.75, 3.05) is 5.32 Å². The Bertz CT molecular complexity index is 564. The van der Waals surface area contributed by atoms with Crippen molar-refractivity contribution in [3.8, 4) is 0 Å². The van der Waals surface area contributed by atoms with E-state index in [-0.39, 0.29) is 0 Å². The molecule has 17 heavy (non-hydrogen) atoms. The van der Waals surface area contributed by atoms with Crippen LogP contribution in [0.1, 0.15) is 19.3 Å². The molecular weight excluding hydrogens is 254 g/mol. The van der Waals surface area contributed by atoms with Crippen LogP contribution in [0, 0.1) is 0 Å². The summed E-state index contributed by atoms with van der Waals surface area (Å²) in [6.07, 6.45) is 7.76. The third kappa shape index (κ3) is 2.28. The number of anilines is 1. The van der Waals surface area contributed by atoms with Gasteiger partial charge in [0.05, 0.1) is 5.39 Å². The van der Waals surface area contributed by atoms with E-state index >= 15 is 0 Å². The average molecular weight is 266 g/mol. The number of hydrogen-bond acceptors (Lipinski definition) is 4. The lowest BCUT2D eigenvalue weighted by Gasteiger charge is -2.20. The highest BCUT2D eigenvalue weighted by Gasteiger charge is 2.13. The Morgan fingerprint density at radius 1 is 1.35 bits per heavy atom. The third-order valence-electron chi connectivity index (χ3n) is 2.91. The molecule has 1 aliphatic carbocycles. The standard InChI is InChI=1S/C12H12ClN3S/c13-12-15-10(9-6-7-17-11(9)16-12)14-8-4-2-1-3-5-8/h1-2,6-8H,3-5H2,(H,14,15,16). The van der Waals surface area contributed by atoms with Crippen LogP contribution in [0.4, 0.5) is 5.82 Å². The van der Waals surface area contributed by atoms with Crippen molar-refractivity contribution >= 4 is 39.0 Å². The highest BCUT2D eigenvalue weighted by atomic mass is 35.5. The predicted molar refractivity (Wildman–Crippen MR) is 72.8 cm³/mol. The van der Waals surface area contributed by atoms with Crippen molar-refractivity contribution in [1.82, 2.24) is 9.97 Å². The van der Waals surface area contributed by atoms with Crippen molar-refractivity contribution in [3.63, 3.8) is 0 Å². The molecule has 3 nitrogen and oxygen atoms in total. The Kier molecular flexibility index (Phi) is 2.99. The number of rotatable bonds is 2. The van der Waals surface area contributed by atoms with Gasteiger partial charge in [-0.05, 0) is 42.3 Å². The van der Waals surface area contributed by atoms with Crippen LogP contribution in [0.15, 0.2) is 23.6 Å². The molecule has 3 rings (SSSR count). The molecule has 2 heterocycles. The molecule has 0 radical (unpaired) electrons. The summed E-state index contributed by atoms with van der Waals surface area (Å²) in [7, 11) is 0. The first kappa shape index (κ1) is 11.0. The number of nitrogens with zero attached hydrogens (tertiary/aromatic N) is 2. The minimum atomic E-state index is 0.314. The first-order chi connectivity index (χ1) is 8.33. The first-order valence-corrected chi connectivity index (χ1v) is 6.91. The Hall–Kier alpha value is -1.13. The number of thiophene rings is 1. The third-order valence-corrected chi connectivity index (χ3v) is 3.88. The summed E-state index contributed by atoms with van der Waals surface area (Å²) >= 11 is 7.52. The highest BCUT2D eigenvalue weighted by molar-refractivity contribution is 7.16. The van der Waals surface area contributed by atoms with E-state index in [1.54, 1.807) is 11.3 Å². The van der Waals surface area contributed by atoms with E-state index in [0.717, 1.165) is 35.3 Å². The van der Waals surface area contributed by atoms with Crippen molar-refractivity contribution in [2.45, 2.75) is 25.3 Å². The van der Waals surface area contributed by atoms with Gasteiger partial charge in [0, 0.05) is 6.04 Å². The van der Waals surface area contributed by atoms with Crippen LogP contribution in [0.3, 0.4) is 0 Å². The van der Waals surface area contributed by atoms with Crippen molar-refractivity contribution < 1.29 is 0 Å². The van der Waals surface area contributed by atoms with Crippen LogP contribution < -0.4 is 5.32 Å². The lowest BCUT2D eigenvalue weighted by Crippen LogP contribution is -2.21. The van der Waals surface area contributed by atoms with Crippen LogP contribution >= 0.6 is 22.9 Å². The van der Waals surface area contributed by atoms with Gasteiger partial charge in [-0.3, -0.25) is 0 Å². The monoisotopic (exact) mass is 265 g/mol. The smallest absolute Gasteiger partial charge is 0.225 e. The molecule has 1 atom stereocenters. The molecule has 1 N–H and O–H groups in total. The van der Waals surface area contributed by atoms with Gasteiger partial charge in [0.2, 0.25) is 5.28 Å². The number of allylic oxidation sites excluding steroid dienone is 1. The number of aromatic nitrogens is 2. The molecule has 0 aliphatic heterocycles. The zero-order valence-corrected chi connectivity index (χ0v) is 10.8. The molecule has 0 fully saturated rings. The van der Waals surface area contributed by atoms with E-state index in [1.807, 2.05) is 11.4 Å². The SMILES string of the molecule is Clc1nc(NC2CC=CCC2)c2ccsc2n1. The second kappa shape index (κ2) is 4.63. The van der Waals surface area contributed by atoms with Gasteiger partial charge >= 0.3 is 0 Å². The second-order valence-electron chi connectivity index (χ2n) is 4.11. The van der Waals surface area contributed by atoms with Gasteiger partial charge < -0.3 is 5.32 Å². The van der Waals surface area contributed by atoms with Gasteiger partial charge in [0.1, 0.15) is 10.6 Å². The van der Waals surface area contributed by atoms with Crippen molar-refractivity contribution in [2.24, 2.45) is 0 Å². The summed E-state index contributed by atoms with van der Waals surface area (Å²) in [5.41, 5.74) is 0. The maximum atomic E-state index is 5.93. The molecular formula is C12H12ClN3S. The van der Waals surface area contributed by atoms with E-state index in [2.05, 4.69) is 27.4 Å². The fraction of sp³-hybridized carbons (Fsp3) is 0.333. The molecule has 5 heteroatoms. The van der Waals surface area contributed by atoms with Gasteiger partial charge in [-0.15, -0.1) is 11.3 Å². The molecule has 0 spiro atoms. The van der Waals surface area contributed by atoms with Gasteiger partial charge in [0.15, 0.2) is 0 Å². The summed E-state index contributed by atoms with van der Waals surface area (Å²) in [6.45, 7) is 0. The Morgan fingerprint density at radius 2 is 2.29 bits per heavy atom. The molecule has 0 saturated heterocycles. The number of halogens is 1. The molecule has 0 saturated carbocycles. The summed E-state index contributed by atoms with van der Waals surface area (Å²) in [5, 5.41) is 6.86. The second-order valence-corrected chi connectivity index (χ2v) is 5.34. The lowest BCUT2D eigenvalue weighted by molar-refractivity contribution is 0.643. The van der Waals surface area contributed by atoms with E-state index in [9.17, 15) is 0 Å². The van der Waals surface area contributed by atoms with E-state index in [0.29, 0.717) is 11.3 Å². The first-order valence-electron chi connectivity index (χ1n) is 5.65. The number of nitrogens with one attached hydrogen (secondary N) is 1. The number of fused-ring (bicyclic) bond motifs is 1. The average Bonchev–Trinajstić information content (AvgIpc) is 2.78. The maximum absolute atomic E-state index is 5.93. The normalized spacial score (nSPS) is 19.7. The fourth-order valence-corrected chi connectivity index (χ4v) is 3.04. The zero-order chi connectivity index (χ0) is 11.7. The highest BCUT2D eigenvalue weighted by Crippen LogP contribution is 2.28. The molecule has 1 aliphatic rings. The van der Waals surface area contributed by atoms with Gasteiger partial charge in [-0.1, -0.05) is 12.2 Å². The largest absolute Gasteiger partial charge is 0.366 e. The van der Waals surface area contributed by atoms with E-state index in [4.69, 9.17) is 11.6 Å². The van der Waals surface area contributed by atoms with E-state index < -0.39 is 0 Å². The summed E-state index contributed by atoms with van der Waals surface area (Å²) in [5.74, 6) is 0.863. The molecule has 88 valence electrons. The minimum Gasteiger partial charge on any atom is -0.366 e. The van der Waals surface area contributed by atoms with Crippen molar-refractivity contribution in [1.29, 1.82) is 0 Å². The zero-order valence-electron chi connectivity index (χ0n) is 9.19. The van der Waals surface area contributed by atoms with Crippen LogP contribution in [-0.4, -0.2) is 16.0 Å². The minimum absolute atomic E-state index is 0.314. The molecule has 2 aromatic rings. The summed E-state index contributed by atoms with van der Waals surface area (Å²) in [6, 6.07) is 2.49. The Balaban J connectivity index is 1.93. The quantitative estimate of drug-likeness (QED) is 0.662. The molecule has 0 aromatic carbocycles. The van der Waals surface area contributed by atoms with Gasteiger partial charge in [-0.25, -0.2) is 9.97 Å². The predicted octanol–water partition coefficient (Wildman–Crippen LogP) is 3.87. The molecule has 0 amide bonds. The maximum Gasteiger partial charge on any atom is 0.225 e. The molecule has 2 aromatic heterocycles. The summed E-state index contributed by atoms with van der Waals surface area (Å²) in [4.78, 5) is 9.45. The van der Waals surface area contributed by atoms with Crippen LogP contribution in [0.25, 0.3) is 10.2 Å². The summed E-state index contributed by atoms with van der Waals surface area (Å²) < 4.78 is 0. The van der Waals surface area contributed by atoms with Gasteiger partial charge in [-0.2, -0.15) is 0 Å². The van der Waals surface area contributed by atoms with Gasteiger partial charge in [0.25, 0.3) is 0 Å². The van der Waals surface area contributed by atoms with E-state index in [1.165, 1.54) is 0 Å².